The first-order chi connectivity index (χ1) is 5.77. The van der Waals surface area contributed by atoms with Gasteiger partial charge in [0.15, 0.2) is 5.78 Å². The van der Waals surface area contributed by atoms with Crippen LogP contribution in [-0.4, -0.2) is 5.78 Å². The molecule has 1 aliphatic rings. The molecule has 0 aliphatic heterocycles. The predicted octanol–water partition coefficient (Wildman–Crippen LogP) is 2.15. The van der Waals surface area contributed by atoms with Gasteiger partial charge in [0.25, 0.3) is 0 Å². The Bertz CT molecular complexity index is 361. The third kappa shape index (κ3) is 1.07. The van der Waals surface area contributed by atoms with Crippen molar-refractivity contribution in [3.8, 4) is 0 Å². The summed E-state index contributed by atoms with van der Waals surface area (Å²) in [5.74, 6) is 0.117. The molecule has 59 valence electrons. The molecule has 1 nitrogen and oxygen atoms in total. The second kappa shape index (κ2) is 2.59. The number of benzene rings is 1. The first-order valence-corrected chi connectivity index (χ1v) is 3.99. The van der Waals surface area contributed by atoms with E-state index in [1.807, 2.05) is 24.3 Å². The zero-order valence-electron chi connectivity index (χ0n) is 6.92. The van der Waals surface area contributed by atoms with Crippen LogP contribution in [0.15, 0.2) is 24.3 Å². The van der Waals surface area contributed by atoms with E-state index >= 15 is 0 Å². The van der Waals surface area contributed by atoms with E-state index in [9.17, 15) is 4.79 Å². The van der Waals surface area contributed by atoms with E-state index in [2.05, 4.69) is 6.08 Å². The van der Waals surface area contributed by atoms with Crippen molar-refractivity contribution < 1.29 is 4.79 Å². The molecule has 0 saturated carbocycles. The third-order valence-corrected chi connectivity index (χ3v) is 2.10. The second-order valence-electron chi connectivity index (χ2n) is 2.98. The minimum Gasteiger partial charge on any atom is -0.295 e. The van der Waals surface area contributed by atoms with Crippen LogP contribution in [0.25, 0.3) is 0 Å². The van der Waals surface area contributed by atoms with Gasteiger partial charge in [0.1, 0.15) is 0 Å². The summed E-state index contributed by atoms with van der Waals surface area (Å²) in [5.41, 5.74) is 3.11. The van der Waals surface area contributed by atoms with Crippen molar-refractivity contribution in [3.63, 3.8) is 0 Å². The summed E-state index contributed by atoms with van der Waals surface area (Å²) >= 11 is 0. The number of carbonyl (C=O) groups excluding carboxylic acids is 1. The quantitative estimate of drug-likeness (QED) is 0.571. The van der Waals surface area contributed by atoms with E-state index in [4.69, 9.17) is 0 Å². The van der Waals surface area contributed by atoms with Gasteiger partial charge in [0, 0.05) is 5.56 Å². The molecular weight excluding hydrogens is 148 g/mol. The summed E-state index contributed by atoms with van der Waals surface area (Å²) in [5, 5.41) is 0. The molecule has 0 bridgehead atoms. The van der Waals surface area contributed by atoms with Crippen LogP contribution in [0, 0.1) is 6.08 Å². The van der Waals surface area contributed by atoms with Crippen LogP contribution < -0.4 is 0 Å². The summed E-state index contributed by atoms with van der Waals surface area (Å²) in [6.07, 6.45) is 6.06. The summed E-state index contributed by atoms with van der Waals surface area (Å²) in [7, 11) is 0. The smallest absolute Gasteiger partial charge is 0.159 e. The first-order valence-electron chi connectivity index (χ1n) is 3.99. The highest BCUT2D eigenvalue weighted by Gasteiger charge is 2.07. The molecule has 1 heteroatoms. The molecule has 0 atom stereocenters. The number of rotatable bonds is 1. The molecular formula is C11H9O. The fourth-order valence-electron chi connectivity index (χ4n) is 1.38. The normalized spacial score (nSPS) is 13.1. The SMILES string of the molecule is CC(=O)c1ccc2c(c1)[C]=CC2. The molecule has 2 rings (SSSR count). The second-order valence-corrected chi connectivity index (χ2v) is 2.98. The minimum atomic E-state index is 0.117. The van der Waals surface area contributed by atoms with Gasteiger partial charge in [-0.25, -0.2) is 0 Å². The lowest BCUT2D eigenvalue weighted by Crippen LogP contribution is -1.93. The number of hydrogen-bond acceptors (Lipinski definition) is 1. The lowest BCUT2D eigenvalue weighted by molar-refractivity contribution is 0.101. The van der Waals surface area contributed by atoms with Gasteiger partial charge in [-0.15, -0.1) is 0 Å². The molecule has 0 saturated heterocycles. The molecule has 0 amide bonds. The highest BCUT2D eigenvalue weighted by Crippen LogP contribution is 2.18. The molecule has 12 heavy (non-hydrogen) atoms. The molecule has 0 unspecified atom stereocenters. The number of ketones is 1. The summed E-state index contributed by atoms with van der Waals surface area (Å²) in [6, 6.07) is 5.78. The van der Waals surface area contributed by atoms with Crippen molar-refractivity contribution in [3.05, 3.63) is 47.0 Å². The fourth-order valence-corrected chi connectivity index (χ4v) is 1.38. The van der Waals surface area contributed by atoms with Crippen molar-refractivity contribution >= 4 is 5.78 Å². The van der Waals surface area contributed by atoms with E-state index in [1.165, 1.54) is 5.56 Å². The molecule has 1 radical (unpaired) electrons. The Morgan fingerprint density at radius 2 is 2.33 bits per heavy atom. The van der Waals surface area contributed by atoms with Gasteiger partial charge in [-0.05, 0) is 36.6 Å². The van der Waals surface area contributed by atoms with E-state index in [-0.39, 0.29) is 5.78 Å². The zero-order chi connectivity index (χ0) is 8.55. The Hall–Kier alpha value is -1.37. The predicted molar refractivity (Wildman–Crippen MR) is 47.1 cm³/mol. The monoisotopic (exact) mass is 157 g/mol. The first kappa shape index (κ1) is 7.29. The average molecular weight is 157 g/mol. The Balaban J connectivity index is 2.51. The highest BCUT2D eigenvalue weighted by atomic mass is 16.1. The van der Waals surface area contributed by atoms with Crippen LogP contribution in [0.4, 0.5) is 0 Å². The number of fused-ring (bicyclic) bond motifs is 1. The van der Waals surface area contributed by atoms with Crippen LogP contribution in [0.5, 0.6) is 0 Å². The Morgan fingerprint density at radius 1 is 1.50 bits per heavy atom. The molecule has 0 fully saturated rings. The number of allylic oxidation sites excluding steroid dienone is 1. The van der Waals surface area contributed by atoms with Crippen molar-refractivity contribution in [2.45, 2.75) is 13.3 Å². The van der Waals surface area contributed by atoms with Crippen molar-refractivity contribution in [1.82, 2.24) is 0 Å². The zero-order valence-corrected chi connectivity index (χ0v) is 6.92. The molecule has 0 aromatic heterocycles. The summed E-state index contributed by atoms with van der Waals surface area (Å²) in [4.78, 5) is 11.0. The lowest BCUT2D eigenvalue weighted by atomic mass is 10.0. The van der Waals surface area contributed by atoms with Gasteiger partial charge in [0.05, 0.1) is 0 Å². The molecule has 1 aromatic rings. The van der Waals surface area contributed by atoms with Gasteiger partial charge in [-0.3, -0.25) is 4.79 Å². The van der Waals surface area contributed by atoms with Gasteiger partial charge >= 0.3 is 0 Å². The average Bonchev–Trinajstić information content (AvgIpc) is 2.49. The number of hydrogen-bond donors (Lipinski definition) is 0. The number of carbonyl (C=O) groups is 1. The number of Topliss-reactive ketones (excluding diaryl/α,β-unsaturated/α-hetero) is 1. The maximum Gasteiger partial charge on any atom is 0.159 e. The molecule has 0 heterocycles. The maximum atomic E-state index is 11.0. The standard InChI is InChI=1S/C11H9O/c1-8(12)10-6-5-9-3-2-4-11(9)7-10/h2,5-7H,3H2,1H3. The Morgan fingerprint density at radius 3 is 3.08 bits per heavy atom. The van der Waals surface area contributed by atoms with Crippen molar-refractivity contribution in [2.24, 2.45) is 0 Å². The van der Waals surface area contributed by atoms with Crippen LogP contribution >= 0.6 is 0 Å². The maximum absolute atomic E-state index is 11.0. The Kier molecular flexibility index (Phi) is 1.58. The molecule has 0 spiro atoms. The molecule has 0 N–H and O–H groups in total. The van der Waals surface area contributed by atoms with E-state index in [0.717, 1.165) is 17.5 Å². The third-order valence-electron chi connectivity index (χ3n) is 2.10. The highest BCUT2D eigenvalue weighted by molar-refractivity contribution is 5.94. The summed E-state index contributed by atoms with van der Waals surface area (Å²) < 4.78 is 0. The molecule has 1 aromatic carbocycles. The topological polar surface area (TPSA) is 17.1 Å². The molecule has 1 aliphatic carbocycles. The van der Waals surface area contributed by atoms with E-state index in [0.29, 0.717) is 0 Å². The van der Waals surface area contributed by atoms with Crippen LogP contribution in [0.1, 0.15) is 28.4 Å². The van der Waals surface area contributed by atoms with E-state index < -0.39 is 0 Å². The van der Waals surface area contributed by atoms with Crippen LogP contribution in [-0.2, 0) is 6.42 Å². The summed E-state index contributed by atoms with van der Waals surface area (Å²) in [6.45, 7) is 1.58. The van der Waals surface area contributed by atoms with Crippen molar-refractivity contribution in [2.75, 3.05) is 0 Å². The lowest BCUT2D eigenvalue weighted by Gasteiger charge is -1.99. The van der Waals surface area contributed by atoms with Crippen LogP contribution in [0.3, 0.4) is 0 Å². The Labute approximate surface area is 71.7 Å². The van der Waals surface area contributed by atoms with Gasteiger partial charge < -0.3 is 0 Å². The van der Waals surface area contributed by atoms with Gasteiger partial charge in [-0.2, -0.15) is 0 Å². The van der Waals surface area contributed by atoms with E-state index in [1.54, 1.807) is 6.92 Å². The van der Waals surface area contributed by atoms with Gasteiger partial charge in [-0.1, -0.05) is 18.2 Å². The van der Waals surface area contributed by atoms with Gasteiger partial charge in [0.2, 0.25) is 0 Å². The minimum absolute atomic E-state index is 0.117. The van der Waals surface area contributed by atoms with Crippen LogP contribution in [0.2, 0.25) is 0 Å². The largest absolute Gasteiger partial charge is 0.295 e. The fraction of sp³-hybridized carbons (Fsp3) is 0.182. The van der Waals surface area contributed by atoms with Crippen molar-refractivity contribution in [1.29, 1.82) is 0 Å².